The second kappa shape index (κ2) is 7.91. The van der Waals surface area contributed by atoms with Gasteiger partial charge in [0, 0.05) is 11.6 Å². The van der Waals surface area contributed by atoms with Crippen molar-refractivity contribution >= 4 is 34.2 Å². The van der Waals surface area contributed by atoms with E-state index in [1.165, 1.54) is 0 Å². The molecule has 26 heavy (non-hydrogen) atoms. The van der Waals surface area contributed by atoms with E-state index in [2.05, 4.69) is 9.47 Å². The van der Waals surface area contributed by atoms with Gasteiger partial charge in [0.1, 0.15) is 33.7 Å². The molecule has 0 unspecified atom stereocenters. The minimum atomic E-state index is -1.11. The van der Waals surface area contributed by atoms with Crippen molar-refractivity contribution in [3.63, 3.8) is 0 Å². The van der Waals surface area contributed by atoms with E-state index in [-0.39, 0.29) is 21.0 Å². The average Bonchev–Trinajstić information content (AvgIpc) is 2.94. The third-order valence-corrected chi connectivity index (χ3v) is 4.33. The summed E-state index contributed by atoms with van der Waals surface area (Å²) in [4.78, 5) is 35.7. The molecule has 0 aliphatic carbocycles. The summed E-state index contributed by atoms with van der Waals surface area (Å²) in [5.74, 6) is -4.71. The normalized spacial score (nSPS) is 10.3. The van der Waals surface area contributed by atoms with Crippen LogP contribution in [0.25, 0.3) is 0 Å². The zero-order valence-corrected chi connectivity index (χ0v) is 14.4. The number of rotatable bonds is 5. The third-order valence-electron chi connectivity index (χ3n) is 3.29. The number of benzene rings is 1. The lowest BCUT2D eigenvalue weighted by Gasteiger charge is -2.08. The highest BCUT2D eigenvalue weighted by Gasteiger charge is 2.28. The smallest absolute Gasteiger partial charge is 0.348 e. The summed E-state index contributed by atoms with van der Waals surface area (Å²) in [6, 6.07) is 2.33. The van der Waals surface area contributed by atoms with Crippen molar-refractivity contribution in [2.24, 2.45) is 0 Å². The Labute approximate surface area is 150 Å². The first kappa shape index (κ1) is 19.3. The van der Waals surface area contributed by atoms with Crippen LogP contribution in [0, 0.1) is 11.6 Å². The van der Waals surface area contributed by atoms with Crippen LogP contribution in [-0.2, 0) is 20.8 Å². The maximum absolute atomic E-state index is 13.6. The lowest BCUT2D eigenvalue weighted by atomic mass is 10.1. The van der Waals surface area contributed by atoms with Crippen LogP contribution in [0.2, 0.25) is 0 Å². The van der Waals surface area contributed by atoms with E-state index in [1.54, 1.807) is 0 Å². The summed E-state index contributed by atoms with van der Waals surface area (Å²) in [6.45, 7) is -0.571. The molecule has 0 saturated carbocycles. The summed E-state index contributed by atoms with van der Waals surface area (Å²) >= 11 is 0.757. The molecule has 0 aliphatic heterocycles. The van der Waals surface area contributed by atoms with Gasteiger partial charge < -0.3 is 19.9 Å². The van der Waals surface area contributed by atoms with Crippen molar-refractivity contribution in [3.8, 4) is 0 Å². The molecule has 0 fully saturated rings. The van der Waals surface area contributed by atoms with Gasteiger partial charge in [0.15, 0.2) is 0 Å². The number of halogens is 2. The number of carbonyl (C=O) groups excluding carboxylic acids is 3. The molecule has 1 aromatic carbocycles. The maximum atomic E-state index is 13.6. The van der Waals surface area contributed by atoms with Gasteiger partial charge in [0.2, 0.25) is 0 Å². The molecule has 1 aromatic heterocycles. The minimum Gasteiger partial charge on any atom is -0.465 e. The summed E-state index contributed by atoms with van der Waals surface area (Å²) < 4.78 is 40.7. The molecule has 138 valence electrons. The molecule has 1 heterocycles. The van der Waals surface area contributed by atoms with Crippen LogP contribution in [0.1, 0.15) is 36.0 Å². The fourth-order valence-electron chi connectivity index (χ4n) is 2.08. The lowest BCUT2D eigenvalue weighted by molar-refractivity contribution is 0.0447. The van der Waals surface area contributed by atoms with E-state index in [0.29, 0.717) is 6.07 Å². The van der Waals surface area contributed by atoms with E-state index in [9.17, 15) is 23.2 Å². The zero-order chi connectivity index (χ0) is 19.4. The Kier molecular flexibility index (Phi) is 5.88. The Balaban J connectivity index is 2.34. The summed E-state index contributed by atoms with van der Waals surface area (Å²) in [6.07, 6.45) is 0. The molecular weight excluding hydrogens is 372 g/mol. The van der Waals surface area contributed by atoms with Crippen molar-refractivity contribution in [2.75, 3.05) is 20.0 Å². The van der Waals surface area contributed by atoms with Gasteiger partial charge in [-0.3, -0.25) is 0 Å². The molecule has 0 amide bonds. The number of ether oxygens (including phenoxy) is 3. The van der Waals surface area contributed by atoms with E-state index in [0.717, 1.165) is 37.7 Å². The highest BCUT2D eigenvalue weighted by molar-refractivity contribution is 7.18. The second-order valence-corrected chi connectivity index (χ2v) is 5.88. The number of hydrogen-bond acceptors (Lipinski definition) is 8. The molecule has 2 N–H and O–H groups in total. The van der Waals surface area contributed by atoms with Gasteiger partial charge in [-0.15, -0.1) is 11.3 Å². The number of thiophene rings is 1. The highest BCUT2D eigenvalue weighted by atomic mass is 32.1. The van der Waals surface area contributed by atoms with Crippen LogP contribution in [0.5, 0.6) is 0 Å². The Morgan fingerprint density at radius 2 is 1.73 bits per heavy atom. The standard InChI is InChI=1S/C16H13F2NO6S/c1-23-15(21)11-9(12(16(22)24-2)26-13(11)19)6-25-14(20)8-4-3-7(17)5-10(8)18/h3-5H,6,19H2,1-2H3. The molecule has 0 bridgehead atoms. The van der Waals surface area contributed by atoms with E-state index in [1.807, 2.05) is 0 Å². The number of anilines is 1. The first-order valence-electron chi connectivity index (χ1n) is 7.00. The van der Waals surface area contributed by atoms with Crippen molar-refractivity contribution in [1.29, 1.82) is 0 Å². The maximum Gasteiger partial charge on any atom is 0.348 e. The molecule has 10 heteroatoms. The minimum absolute atomic E-state index is 0.0259. The van der Waals surface area contributed by atoms with Crippen molar-refractivity contribution in [3.05, 3.63) is 51.4 Å². The molecule has 2 aromatic rings. The second-order valence-electron chi connectivity index (χ2n) is 4.83. The van der Waals surface area contributed by atoms with Crippen LogP contribution < -0.4 is 5.73 Å². The van der Waals surface area contributed by atoms with E-state index in [4.69, 9.17) is 10.5 Å². The van der Waals surface area contributed by atoms with Crippen LogP contribution in [-0.4, -0.2) is 32.1 Å². The lowest BCUT2D eigenvalue weighted by Crippen LogP contribution is -2.13. The summed E-state index contributed by atoms with van der Waals surface area (Å²) in [7, 11) is 2.24. The molecule has 0 atom stereocenters. The quantitative estimate of drug-likeness (QED) is 0.623. The predicted octanol–water partition coefficient (Wildman–Crippen LogP) is 2.54. The third kappa shape index (κ3) is 3.80. The number of methoxy groups -OCH3 is 2. The molecule has 0 radical (unpaired) electrons. The van der Waals surface area contributed by atoms with Gasteiger partial charge in [0.25, 0.3) is 0 Å². The fraction of sp³-hybridized carbons (Fsp3) is 0.188. The van der Waals surface area contributed by atoms with E-state index >= 15 is 0 Å². The summed E-state index contributed by atoms with van der Waals surface area (Å²) in [5, 5.41) is -0.0312. The van der Waals surface area contributed by atoms with Gasteiger partial charge in [-0.25, -0.2) is 23.2 Å². The SMILES string of the molecule is COC(=O)c1sc(N)c(C(=O)OC)c1COC(=O)c1ccc(F)cc1F. The largest absolute Gasteiger partial charge is 0.465 e. The van der Waals surface area contributed by atoms with Gasteiger partial charge in [-0.05, 0) is 12.1 Å². The van der Waals surface area contributed by atoms with Crippen LogP contribution in [0.3, 0.4) is 0 Å². The average molecular weight is 385 g/mol. The first-order chi connectivity index (χ1) is 12.3. The molecule has 0 spiro atoms. The zero-order valence-electron chi connectivity index (χ0n) is 13.6. The number of carbonyl (C=O) groups is 3. The molecular formula is C16H13F2NO6S. The summed E-state index contributed by atoms with van der Waals surface area (Å²) in [5.41, 5.74) is 5.06. The monoisotopic (exact) mass is 385 g/mol. The topological polar surface area (TPSA) is 105 Å². The Bertz CT molecular complexity index is 880. The van der Waals surface area contributed by atoms with Crippen LogP contribution in [0.4, 0.5) is 13.8 Å². The van der Waals surface area contributed by atoms with Crippen molar-refractivity contribution in [1.82, 2.24) is 0 Å². The molecule has 7 nitrogen and oxygen atoms in total. The number of nitrogens with two attached hydrogens (primary N) is 1. The predicted molar refractivity (Wildman–Crippen MR) is 86.9 cm³/mol. The number of hydrogen-bond donors (Lipinski definition) is 1. The van der Waals surface area contributed by atoms with Gasteiger partial charge in [-0.2, -0.15) is 0 Å². The van der Waals surface area contributed by atoms with E-state index < -0.39 is 41.7 Å². The van der Waals surface area contributed by atoms with Crippen LogP contribution in [0.15, 0.2) is 18.2 Å². The fourth-order valence-corrected chi connectivity index (χ4v) is 3.06. The van der Waals surface area contributed by atoms with Crippen molar-refractivity contribution in [2.45, 2.75) is 6.61 Å². The van der Waals surface area contributed by atoms with Crippen LogP contribution >= 0.6 is 11.3 Å². The van der Waals surface area contributed by atoms with Crippen molar-refractivity contribution < 1.29 is 37.4 Å². The number of nitrogen functional groups attached to an aromatic ring is 1. The molecule has 0 saturated heterocycles. The Hall–Kier alpha value is -3.01. The van der Waals surface area contributed by atoms with Gasteiger partial charge in [0.05, 0.1) is 19.8 Å². The molecule has 0 aliphatic rings. The van der Waals surface area contributed by atoms with Gasteiger partial charge >= 0.3 is 17.9 Å². The Morgan fingerprint density at radius 3 is 2.31 bits per heavy atom. The molecule has 2 rings (SSSR count). The first-order valence-corrected chi connectivity index (χ1v) is 7.81. The van der Waals surface area contributed by atoms with Gasteiger partial charge in [-0.1, -0.05) is 0 Å². The Morgan fingerprint density at radius 1 is 1.08 bits per heavy atom. The highest BCUT2D eigenvalue weighted by Crippen LogP contribution is 2.33. The number of esters is 3.